The zero-order chi connectivity index (χ0) is 30.9. The number of nitrogens with one attached hydrogen (secondary N) is 2. The highest BCUT2D eigenvalue weighted by Crippen LogP contribution is 2.45. The Morgan fingerprint density at radius 3 is 2.09 bits per heavy atom. The van der Waals surface area contributed by atoms with Crippen LogP contribution in [-0.4, -0.2) is 35.5 Å². The van der Waals surface area contributed by atoms with Gasteiger partial charge in [-0.1, -0.05) is 54.2 Å². The van der Waals surface area contributed by atoms with Gasteiger partial charge in [-0.2, -0.15) is 13.2 Å². The van der Waals surface area contributed by atoms with E-state index in [1.165, 1.54) is 18.2 Å². The van der Waals surface area contributed by atoms with E-state index in [0.29, 0.717) is 11.6 Å². The fourth-order valence-corrected chi connectivity index (χ4v) is 6.22. The molecule has 1 aliphatic carbocycles. The van der Waals surface area contributed by atoms with Crippen molar-refractivity contribution in [2.24, 2.45) is 11.8 Å². The molecule has 1 saturated heterocycles. The van der Waals surface area contributed by atoms with Crippen molar-refractivity contribution in [1.82, 2.24) is 4.90 Å². The van der Waals surface area contributed by atoms with Crippen LogP contribution in [0.4, 0.5) is 33.3 Å². The molecule has 1 aliphatic heterocycles. The van der Waals surface area contributed by atoms with E-state index in [0.717, 1.165) is 54.5 Å². The van der Waals surface area contributed by atoms with Gasteiger partial charge in [0.15, 0.2) is 0 Å². The lowest BCUT2D eigenvalue weighted by Gasteiger charge is -2.44. The molecular weight excluding hydrogens is 612 g/mol. The Bertz CT molecular complexity index is 1480. The number of halogens is 7. The molecule has 2 fully saturated rings. The number of carbonyl (C=O) groups is 2. The molecule has 12 heteroatoms. The van der Waals surface area contributed by atoms with Gasteiger partial charge in [-0.15, -0.1) is 0 Å². The number of amides is 2. The largest absolute Gasteiger partial charge is 0.393 e. The summed E-state index contributed by atoms with van der Waals surface area (Å²) in [4.78, 5) is 28.2. The summed E-state index contributed by atoms with van der Waals surface area (Å²) in [5.74, 6) is -8.11. The summed E-state index contributed by atoms with van der Waals surface area (Å²) in [5.41, 5.74) is 0.311. The summed E-state index contributed by atoms with van der Waals surface area (Å²) >= 11 is 12.0. The maximum atomic E-state index is 14.8. The smallest absolute Gasteiger partial charge is 0.382 e. The van der Waals surface area contributed by atoms with Gasteiger partial charge >= 0.3 is 6.18 Å². The number of alkyl halides is 3. The summed E-state index contributed by atoms with van der Waals surface area (Å²) in [5, 5.41) is 6.33. The molecule has 3 atom stereocenters. The number of rotatable bonds is 6. The average molecular weight is 640 g/mol. The zero-order valence-corrected chi connectivity index (χ0v) is 24.2. The number of piperidine rings is 1. The van der Waals surface area contributed by atoms with Gasteiger partial charge in [-0.3, -0.25) is 9.59 Å². The van der Waals surface area contributed by atoms with Gasteiger partial charge in [-0.05, 0) is 67.3 Å². The third kappa shape index (κ3) is 6.91. The lowest BCUT2D eigenvalue weighted by atomic mass is 9.78. The van der Waals surface area contributed by atoms with E-state index in [2.05, 4.69) is 10.6 Å². The second-order valence-corrected chi connectivity index (χ2v) is 11.8. The quantitative estimate of drug-likeness (QED) is 0.265. The summed E-state index contributed by atoms with van der Waals surface area (Å²) < 4.78 is 72.2. The second-order valence-electron chi connectivity index (χ2n) is 10.9. The molecule has 43 heavy (non-hydrogen) atoms. The van der Waals surface area contributed by atoms with Crippen molar-refractivity contribution in [1.29, 1.82) is 0 Å². The topological polar surface area (TPSA) is 61.4 Å². The van der Waals surface area contributed by atoms with E-state index in [1.54, 1.807) is 24.3 Å². The number of nitrogens with zero attached hydrogens (tertiary/aromatic N) is 1. The summed E-state index contributed by atoms with van der Waals surface area (Å²) in [6, 6.07) is 12.7. The first-order valence-corrected chi connectivity index (χ1v) is 14.6. The Labute approximate surface area is 255 Å². The normalized spacial score (nSPS) is 21.1. The highest BCUT2D eigenvalue weighted by atomic mass is 35.5. The fraction of sp³-hybridized carbons (Fsp3) is 0.355. The van der Waals surface area contributed by atoms with Crippen molar-refractivity contribution in [3.63, 3.8) is 0 Å². The molecule has 228 valence electrons. The van der Waals surface area contributed by atoms with Gasteiger partial charge in [0.25, 0.3) is 5.91 Å². The van der Waals surface area contributed by atoms with Crippen LogP contribution in [0.5, 0.6) is 0 Å². The number of carbonyl (C=O) groups excluding carboxylic acids is 2. The number of hydrogen-bond acceptors (Lipinski definition) is 3. The number of benzene rings is 3. The van der Waals surface area contributed by atoms with E-state index in [-0.39, 0.29) is 15.7 Å². The van der Waals surface area contributed by atoms with Gasteiger partial charge in [0, 0.05) is 24.0 Å². The Morgan fingerprint density at radius 1 is 0.860 bits per heavy atom. The van der Waals surface area contributed by atoms with E-state index >= 15 is 0 Å². The molecular formula is C31H28Cl2F5N3O2. The third-order valence-corrected chi connectivity index (χ3v) is 8.81. The zero-order valence-electron chi connectivity index (χ0n) is 22.7. The molecule has 5 nitrogen and oxygen atoms in total. The molecule has 0 bridgehead atoms. The van der Waals surface area contributed by atoms with Crippen molar-refractivity contribution < 1.29 is 31.5 Å². The van der Waals surface area contributed by atoms with Crippen LogP contribution in [0.25, 0.3) is 0 Å². The Hall–Kier alpha value is -3.37. The van der Waals surface area contributed by atoms with E-state index in [1.807, 2.05) is 0 Å². The molecule has 1 heterocycles. The monoisotopic (exact) mass is 639 g/mol. The minimum Gasteiger partial charge on any atom is -0.382 e. The molecule has 2 aliphatic rings. The van der Waals surface area contributed by atoms with Gasteiger partial charge < -0.3 is 15.5 Å². The molecule has 0 radical (unpaired) electrons. The average Bonchev–Trinajstić information content (AvgIpc) is 3.47. The van der Waals surface area contributed by atoms with Crippen LogP contribution in [0.15, 0.2) is 60.7 Å². The molecule has 3 aromatic carbocycles. The van der Waals surface area contributed by atoms with Crippen molar-refractivity contribution in [2.75, 3.05) is 17.2 Å². The highest BCUT2D eigenvalue weighted by molar-refractivity contribution is 6.42. The first kappa shape index (κ1) is 31.1. The Balaban J connectivity index is 1.56. The SMILES string of the molecule is O=C(Nc1ccc(Cl)c(Cl)c1)[C@H]1C[C@@H](C(F)(F)F)CN(C(=O)c2c(F)cccc2F)C1c1ccc(NC2CCCC2)cc1. The summed E-state index contributed by atoms with van der Waals surface area (Å²) in [7, 11) is 0. The number of hydrogen-bond donors (Lipinski definition) is 2. The molecule has 5 rings (SSSR count). The number of anilines is 2. The maximum absolute atomic E-state index is 14.8. The Kier molecular flexibility index (Phi) is 9.18. The van der Waals surface area contributed by atoms with Crippen LogP contribution < -0.4 is 10.6 Å². The van der Waals surface area contributed by atoms with Crippen LogP contribution >= 0.6 is 23.2 Å². The third-order valence-electron chi connectivity index (χ3n) is 8.07. The molecule has 1 unspecified atom stereocenters. The summed E-state index contributed by atoms with van der Waals surface area (Å²) in [6.45, 7) is -0.889. The standard InChI is InChI=1S/C31H28Cl2F5N3O2/c32-23-13-12-21(15-24(23)33)40-29(42)22-14-18(31(36,37)38)16-41(30(43)27-25(34)6-3-7-26(27)35)28(22)17-8-10-20(11-9-17)39-19-4-1-2-5-19/h3,6-13,15,18-19,22,28,39H,1-2,4-5,14,16H2,(H,40,42)/t18-,22+,28?/m1/s1. The molecule has 0 aromatic heterocycles. The Morgan fingerprint density at radius 2 is 1.49 bits per heavy atom. The van der Waals surface area contributed by atoms with E-state index in [9.17, 15) is 31.5 Å². The van der Waals surface area contributed by atoms with Crippen molar-refractivity contribution in [3.05, 3.63) is 93.5 Å². The molecule has 2 amide bonds. The number of likely N-dealkylation sites (tertiary alicyclic amines) is 1. The van der Waals surface area contributed by atoms with E-state index in [4.69, 9.17) is 23.2 Å². The van der Waals surface area contributed by atoms with Crippen LogP contribution in [0.3, 0.4) is 0 Å². The van der Waals surface area contributed by atoms with Crippen LogP contribution in [-0.2, 0) is 4.79 Å². The molecule has 1 saturated carbocycles. The predicted molar refractivity (Wildman–Crippen MR) is 155 cm³/mol. The fourth-order valence-electron chi connectivity index (χ4n) is 5.92. The van der Waals surface area contributed by atoms with Crippen LogP contribution in [0.1, 0.15) is 54.1 Å². The lowest BCUT2D eigenvalue weighted by molar-refractivity contribution is -0.193. The van der Waals surface area contributed by atoms with Crippen molar-refractivity contribution in [2.45, 2.75) is 50.4 Å². The lowest BCUT2D eigenvalue weighted by Crippen LogP contribution is -2.52. The van der Waals surface area contributed by atoms with Crippen LogP contribution in [0, 0.1) is 23.5 Å². The first-order valence-electron chi connectivity index (χ1n) is 13.9. The van der Waals surface area contributed by atoms with Crippen molar-refractivity contribution >= 4 is 46.4 Å². The minimum atomic E-state index is -4.80. The summed E-state index contributed by atoms with van der Waals surface area (Å²) in [6.07, 6.45) is -1.22. The second kappa shape index (κ2) is 12.7. The van der Waals surface area contributed by atoms with Gasteiger partial charge in [0.05, 0.1) is 27.9 Å². The van der Waals surface area contributed by atoms with E-state index < -0.39 is 66.0 Å². The predicted octanol–water partition coefficient (Wildman–Crippen LogP) is 8.65. The van der Waals surface area contributed by atoms with Crippen LogP contribution in [0.2, 0.25) is 10.0 Å². The van der Waals surface area contributed by atoms with Gasteiger partial charge in [-0.25, -0.2) is 8.78 Å². The highest BCUT2D eigenvalue weighted by Gasteiger charge is 2.52. The molecule has 0 spiro atoms. The molecule has 2 N–H and O–H groups in total. The first-order chi connectivity index (χ1) is 20.4. The van der Waals surface area contributed by atoms with Crippen molar-refractivity contribution in [3.8, 4) is 0 Å². The maximum Gasteiger partial charge on any atom is 0.393 e. The van der Waals surface area contributed by atoms with Gasteiger partial charge in [0.1, 0.15) is 17.2 Å². The molecule has 3 aromatic rings. The minimum absolute atomic E-state index is 0.116. The van der Waals surface area contributed by atoms with Gasteiger partial charge in [0.2, 0.25) is 5.91 Å².